The Labute approximate surface area is 139 Å². The third kappa shape index (κ3) is 20.6. The molecule has 1 rings (SSSR count). The SMILES string of the molecule is C1COCCCOCCCOCCCOC1.[Li+].[N-]=C=S. The van der Waals surface area contributed by atoms with Gasteiger partial charge in [0.1, 0.15) is 0 Å². The zero-order valence-electron chi connectivity index (χ0n) is 12.5. The second-order valence-corrected chi connectivity index (χ2v) is 4.14. The maximum atomic E-state index is 7.13. The van der Waals surface area contributed by atoms with E-state index in [9.17, 15) is 0 Å². The van der Waals surface area contributed by atoms with E-state index in [0.717, 1.165) is 78.5 Å². The molecular weight excluding hydrogens is 273 g/mol. The van der Waals surface area contributed by atoms with Crippen LogP contribution in [0.1, 0.15) is 25.7 Å². The minimum atomic E-state index is 0. The quantitative estimate of drug-likeness (QED) is 0.336. The van der Waals surface area contributed by atoms with Gasteiger partial charge in [-0.3, -0.25) is 0 Å². The molecule has 112 valence electrons. The number of rotatable bonds is 0. The Kier molecular flexibility index (Phi) is 24.2. The topological polar surface area (TPSA) is 59.2 Å². The van der Waals surface area contributed by atoms with Gasteiger partial charge in [0.15, 0.2) is 0 Å². The number of ether oxygens (including phenoxy) is 4. The molecular formula is C13H24LiNO4S. The molecule has 0 saturated carbocycles. The van der Waals surface area contributed by atoms with Gasteiger partial charge < -0.3 is 24.4 Å². The predicted octanol–water partition coefficient (Wildman–Crippen LogP) is -0.711. The van der Waals surface area contributed by atoms with E-state index in [2.05, 4.69) is 12.2 Å². The first kappa shape index (κ1) is 22.5. The van der Waals surface area contributed by atoms with Gasteiger partial charge in [-0.2, -0.15) is 5.16 Å². The van der Waals surface area contributed by atoms with Gasteiger partial charge in [-0.15, -0.1) is 0 Å². The van der Waals surface area contributed by atoms with Gasteiger partial charge >= 0.3 is 18.9 Å². The molecule has 0 spiro atoms. The number of hydrogen-bond acceptors (Lipinski definition) is 5. The van der Waals surface area contributed by atoms with Crippen molar-refractivity contribution in [1.82, 2.24) is 0 Å². The fraction of sp³-hybridized carbons (Fsp3) is 0.923. The summed E-state index contributed by atoms with van der Waals surface area (Å²) >= 11 is 3.70. The predicted molar refractivity (Wildman–Crippen MR) is 77.7 cm³/mol. The first-order valence-electron chi connectivity index (χ1n) is 6.74. The zero-order valence-corrected chi connectivity index (χ0v) is 13.3. The summed E-state index contributed by atoms with van der Waals surface area (Å²) in [4.78, 5) is 0. The first-order chi connectivity index (χ1) is 9.41. The van der Waals surface area contributed by atoms with E-state index < -0.39 is 0 Å². The van der Waals surface area contributed by atoms with Gasteiger partial charge in [0.05, 0.1) is 0 Å². The van der Waals surface area contributed by atoms with E-state index in [1.807, 2.05) is 0 Å². The molecule has 1 saturated heterocycles. The number of nitrogens with zero attached hydrogens (tertiary/aromatic N) is 1. The van der Waals surface area contributed by atoms with E-state index in [-0.39, 0.29) is 18.9 Å². The molecule has 1 aliphatic heterocycles. The fourth-order valence-electron chi connectivity index (χ4n) is 1.46. The van der Waals surface area contributed by atoms with Crippen LogP contribution >= 0.6 is 12.2 Å². The van der Waals surface area contributed by atoms with Gasteiger partial charge in [-0.25, -0.2) is 0 Å². The molecule has 0 unspecified atom stereocenters. The fourth-order valence-corrected chi connectivity index (χ4v) is 1.46. The summed E-state index contributed by atoms with van der Waals surface area (Å²) in [5.41, 5.74) is 0. The van der Waals surface area contributed by atoms with Crippen molar-refractivity contribution in [3.05, 3.63) is 5.41 Å². The molecule has 0 bridgehead atoms. The van der Waals surface area contributed by atoms with Gasteiger partial charge in [-0.1, -0.05) is 12.2 Å². The van der Waals surface area contributed by atoms with E-state index in [1.54, 1.807) is 0 Å². The molecule has 1 aliphatic rings. The van der Waals surface area contributed by atoms with Crippen LogP contribution in [-0.4, -0.2) is 58.0 Å². The summed E-state index contributed by atoms with van der Waals surface area (Å²) in [5.74, 6) is 0. The largest absolute Gasteiger partial charge is 1.00 e. The van der Waals surface area contributed by atoms with Gasteiger partial charge in [0, 0.05) is 52.9 Å². The minimum absolute atomic E-state index is 0. The third-order valence-corrected chi connectivity index (χ3v) is 2.31. The Morgan fingerprint density at radius 1 is 0.600 bits per heavy atom. The normalized spacial score (nSPS) is 19.6. The first-order valence-corrected chi connectivity index (χ1v) is 7.15. The van der Waals surface area contributed by atoms with Crippen LogP contribution in [0.15, 0.2) is 0 Å². The van der Waals surface area contributed by atoms with Crippen LogP contribution in [0.5, 0.6) is 0 Å². The van der Waals surface area contributed by atoms with Crippen molar-refractivity contribution in [3.63, 3.8) is 0 Å². The molecule has 1 fully saturated rings. The van der Waals surface area contributed by atoms with Crippen LogP contribution in [0.2, 0.25) is 0 Å². The molecule has 0 aromatic heterocycles. The molecule has 7 heteroatoms. The minimum Gasteiger partial charge on any atom is -0.753 e. The molecule has 0 amide bonds. The van der Waals surface area contributed by atoms with Crippen LogP contribution < -0.4 is 18.9 Å². The van der Waals surface area contributed by atoms with Crippen molar-refractivity contribution in [1.29, 1.82) is 0 Å². The Hall–Kier alpha value is 0.237. The number of isothiocyanates is 1. The molecule has 1 heterocycles. The molecule has 0 atom stereocenters. The molecule has 0 aromatic rings. The van der Waals surface area contributed by atoms with Crippen molar-refractivity contribution in [3.8, 4) is 0 Å². The van der Waals surface area contributed by atoms with Crippen LogP contribution in [-0.2, 0) is 18.9 Å². The Balaban J connectivity index is 0. The van der Waals surface area contributed by atoms with E-state index in [4.69, 9.17) is 24.4 Å². The third-order valence-electron chi connectivity index (χ3n) is 2.31. The van der Waals surface area contributed by atoms with Crippen LogP contribution in [0.25, 0.3) is 5.41 Å². The van der Waals surface area contributed by atoms with Gasteiger partial charge in [0.25, 0.3) is 0 Å². The molecule has 0 N–H and O–H groups in total. The van der Waals surface area contributed by atoms with E-state index in [1.165, 1.54) is 5.16 Å². The second kappa shape index (κ2) is 21.5. The smallest absolute Gasteiger partial charge is 0.753 e. The van der Waals surface area contributed by atoms with Crippen molar-refractivity contribution in [2.24, 2.45) is 0 Å². The summed E-state index contributed by atoms with van der Waals surface area (Å²) < 4.78 is 21.8. The average molecular weight is 297 g/mol. The van der Waals surface area contributed by atoms with Crippen molar-refractivity contribution < 1.29 is 37.8 Å². The van der Waals surface area contributed by atoms with Crippen molar-refractivity contribution in [2.45, 2.75) is 25.7 Å². The van der Waals surface area contributed by atoms with E-state index in [0.29, 0.717) is 0 Å². The molecule has 20 heavy (non-hydrogen) atoms. The average Bonchev–Trinajstić information content (AvgIpc) is 2.40. The van der Waals surface area contributed by atoms with Crippen LogP contribution in [0.4, 0.5) is 0 Å². The maximum Gasteiger partial charge on any atom is 1.00 e. The van der Waals surface area contributed by atoms with Crippen LogP contribution in [0, 0.1) is 0 Å². The van der Waals surface area contributed by atoms with Gasteiger partial charge in [-0.05, 0) is 25.7 Å². The molecule has 0 aliphatic carbocycles. The second-order valence-electron chi connectivity index (χ2n) is 3.95. The molecule has 0 radical (unpaired) electrons. The Bertz CT molecular complexity index is 153. The Morgan fingerprint density at radius 3 is 0.900 bits per heavy atom. The zero-order chi connectivity index (χ0) is 14.0. The van der Waals surface area contributed by atoms with Gasteiger partial charge in [0.2, 0.25) is 0 Å². The summed E-state index contributed by atoms with van der Waals surface area (Å²) in [5, 5.41) is 8.47. The van der Waals surface area contributed by atoms with Crippen LogP contribution in [0.3, 0.4) is 0 Å². The van der Waals surface area contributed by atoms with E-state index >= 15 is 0 Å². The monoisotopic (exact) mass is 297 g/mol. The molecule has 5 nitrogen and oxygen atoms in total. The Morgan fingerprint density at radius 2 is 0.750 bits per heavy atom. The maximum absolute atomic E-state index is 7.13. The van der Waals surface area contributed by atoms with Crippen molar-refractivity contribution >= 4 is 17.4 Å². The number of hydrogen-bond donors (Lipinski definition) is 0. The molecule has 0 aromatic carbocycles. The summed E-state index contributed by atoms with van der Waals surface area (Å²) in [6.45, 7) is 6.31. The number of thiocarbonyl (C=S) groups is 1. The standard InChI is InChI=1S/C12H24O4.CNS.Li/c1-5-13-7-2-9-15-11-4-12-16-10-3-8-14-6-1;2-1-3;/h1-12H2;;/q;-1;+1. The summed E-state index contributed by atoms with van der Waals surface area (Å²) in [7, 11) is 0. The summed E-state index contributed by atoms with van der Waals surface area (Å²) in [6.07, 6.45) is 3.90. The summed E-state index contributed by atoms with van der Waals surface area (Å²) in [6, 6.07) is 0. The van der Waals surface area contributed by atoms with Crippen molar-refractivity contribution in [2.75, 3.05) is 52.9 Å².